The summed E-state index contributed by atoms with van der Waals surface area (Å²) in [6, 6.07) is 35.9. The largest absolute Gasteiger partial charge is 0.496 e. The Bertz CT molecular complexity index is 4300. The summed E-state index contributed by atoms with van der Waals surface area (Å²) in [6.45, 7) is 9.44. The number of amides is 2. The molecule has 454 valence electrons. The van der Waals surface area contributed by atoms with Crippen LogP contribution in [0.1, 0.15) is 113 Å². The second-order valence-corrected chi connectivity index (χ2v) is 26.8. The lowest BCUT2D eigenvalue weighted by Gasteiger charge is -2.27. The molecule has 7 aliphatic heterocycles. The first-order valence-corrected chi connectivity index (χ1v) is 33.7. The molecule has 0 spiro atoms. The molecule has 0 saturated carbocycles. The van der Waals surface area contributed by atoms with Crippen molar-refractivity contribution in [2.75, 3.05) is 85.9 Å². The van der Waals surface area contributed by atoms with Crippen LogP contribution >= 0.6 is 0 Å². The zero-order valence-electron chi connectivity index (χ0n) is 50.0. The van der Waals surface area contributed by atoms with Crippen molar-refractivity contribution < 1.29 is 40.6 Å². The van der Waals surface area contributed by atoms with Gasteiger partial charge in [-0.15, -0.1) is 0 Å². The van der Waals surface area contributed by atoms with Crippen LogP contribution in [0.4, 0.5) is 0 Å². The third kappa shape index (κ3) is 11.0. The first-order chi connectivity index (χ1) is 42.9. The number of likely N-dealkylation sites (tertiary alicyclic amines) is 2. The minimum Gasteiger partial charge on any atom is -0.496 e. The van der Waals surface area contributed by atoms with Crippen LogP contribution in [-0.4, -0.2) is 154 Å². The first kappa shape index (κ1) is 59.0. The molecule has 6 bridgehead atoms. The predicted molar refractivity (Wildman–Crippen MR) is 341 cm³/mol. The highest BCUT2D eigenvalue weighted by atomic mass is 32.2. The molecule has 0 atom stereocenters. The number of aromatic nitrogens is 2. The summed E-state index contributed by atoms with van der Waals surface area (Å²) in [5, 5.41) is 1.61. The smallest absolute Gasteiger partial charge is 0.253 e. The second-order valence-electron chi connectivity index (χ2n) is 22.9. The predicted octanol–water partition coefficient (Wildman–Crippen LogP) is 8.48. The Kier molecular flexibility index (Phi) is 16.6. The van der Waals surface area contributed by atoms with E-state index < -0.39 is 20.0 Å². The van der Waals surface area contributed by atoms with E-state index in [1.165, 1.54) is 4.31 Å². The van der Waals surface area contributed by atoms with Gasteiger partial charge in [0.05, 0.1) is 75.0 Å². The van der Waals surface area contributed by atoms with Gasteiger partial charge in [-0.05, 0) is 179 Å². The van der Waals surface area contributed by atoms with Gasteiger partial charge in [-0.1, -0.05) is 36.4 Å². The lowest BCUT2D eigenvalue weighted by atomic mass is 9.97. The fourth-order valence-electron chi connectivity index (χ4n) is 13.2. The molecule has 3 fully saturated rings. The third-order valence-corrected chi connectivity index (χ3v) is 21.6. The van der Waals surface area contributed by atoms with E-state index in [1.807, 2.05) is 115 Å². The van der Waals surface area contributed by atoms with Crippen LogP contribution in [0.15, 0.2) is 171 Å². The fourth-order valence-corrected chi connectivity index (χ4v) is 16.1. The molecule has 7 aliphatic rings. The Morgan fingerprint density at radius 2 is 0.989 bits per heavy atom. The van der Waals surface area contributed by atoms with Crippen LogP contribution in [0.3, 0.4) is 0 Å². The van der Waals surface area contributed by atoms with Crippen molar-refractivity contribution in [3.05, 3.63) is 206 Å². The molecule has 88 heavy (non-hydrogen) atoms. The molecule has 3 saturated heterocycles. The van der Waals surface area contributed by atoms with E-state index in [4.69, 9.17) is 24.2 Å². The molecule has 9 heterocycles. The number of benzene rings is 4. The molecule has 0 N–H and O–H groups in total. The molecule has 13 rings (SSSR count). The summed E-state index contributed by atoms with van der Waals surface area (Å²) < 4.78 is 82.3. The van der Waals surface area contributed by atoms with E-state index in [2.05, 4.69) is 33.4 Å². The average molecular weight is 1220 g/mol. The van der Waals surface area contributed by atoms with E-state index in [1.54, 1.807) is 35.7 Å². The van der Waals surface area contributed by atoms with Crippen molar-refractivity contribution in [1.29, 1.82) is 0 Å². The number of carbonyl (C=O) groups is 2. The van der Waals surface area contributed by atoms with Gasteiger partial charge in [0.1, 0.15) is 12.4 Å². The summed E-state index contributed by atoms with van der Waals surface area (Å²) in [6.07, 6.45) is 14.6. The van der Waals surface area contributed by atoms with Crippen LogP contribution in [0.2, 0.25) is 0 Å². The van der Waals surface area contributed by atoms with Crippen LogP contribution < -0.4 is 15.4 Å². The van der Waals surface area contributed by atoms with Crippen LogP contribution in [0.25, 0.3) is 22.3 Å². The number of sulfonamides is 2. The van der Waals surface area contributed by atoms with Gasteiger partial charge >= 0.3 is 0 Å². The number of fused-ring (bicyclic) bond motifs is 2. The van der Waals surface area contributed by atoms with Gasteiger partial charge in [0.2, 0.25) is 20.0 Å². The Hall–Kier alpha value is -8.04. The molecule has 19 heteroatoms. The monoisotopic (exact) mass is 1220 g/mol. The highest BCUT2D eigenvalue weighted by molar-refractivity contribution is 7.89. The van der Waals surface area contributed by atoms with Crippen molar-refractivity contribution in [3.8, 4) is 5.75 Å². The number of hydrogen-bond donors (Lipinski definition) is 0. The summed E-state index contributed by atoms with van der Waals surface area (Å²) in [5.41, 5.74) is 11.2. The standard InChI is InChI=1S/C69H72N8O9S2/c1-4-85-43-41-75(42-44-86-5-2)88(82,83)53-24-19-48(20-25-53)65-56-28-27-55(70-56)64(47-13-15-50(16-14-47)68(78)72-37-9-10-38-72)59-31-32-60-66(49-17-22-52(23-18-49)87(80,81)74-39-11-12-40-74)57-29-30-58(71-57)67(62-34-33-61(65)77(62)46-76(59)60)54-26-21-51(45-63(54)84-3)69(79)73-35-7-6-8-36-73/h13-34,45H,4-12,35-44,46H2,1-3H3. The first-order valence-electron chi connectivity index (χ1n) is 30.8. The van der Waals surface area contributed by atoms with Gasteiger partial charge in [0.25, 0.3) is 11.8 Å². The van der Waals surface area contributed by atoms with Gasteiger partial charge in [-0.25, -0.2) is 26.8 Å². The fraction of sp³-hybridized carbons (Fsp3) is 0.333. The number of ether oxygens (including phenoxy) is 3. The quantitative estimate of drug-likeness (QED) is 0.0720. The summed E-state index contributed by atoms with van der Waals surface area (Å²) >= 11 is 0. The summed E-state index contributed by atoms with van der Waals surface area (Å²) in [4.78, 5) is 43.3. The zero-order chi connectivity index (χ0) is 60.7. The summed E-state index contributed by atoms with van der Waals surface area (Å²) in [7, 11) is -6.14. The highest BCUT2D eigenvalue weighted by Crippen LogP contribution is 2.42. The molecular formula is C69H72N8O9S2. The SMILES string of the molecule is CCOCCN(CCOCC)S(=O)(=O)c1ccc(C2=C3C=CC(=N3)C(c3ccc(C(=O)N4CCCC4)cc3)=c3ccc4n3Cn3c2ccc3C(c2ccc(C(=O)N3CCCCC3)cc2OC)=C2C=CC(=N2)C=4c2ccc(S(=O)(=O)N3CCCC3)cc2)cc1. The van der Waals surface area contributed by atoms with Crippen molar-refractivity contribution in [3.63, 3.8) is 0 Å². The molecule has 4 aromatic carbocycles. The van der Waals surface area contributed by atoms with Crippen LogP contribution in [0, 0.1) is 0 Å². The van der Waals surface area contributed by atoms with Gasteiger partial charge < -0.3 is 33.1 Å². The Labute approximate surface area is 514 Å². The number of rotatable bonds is 19. The molecule has 2 amide bonds. The normalized spacial score (nSPS) is 17.6. The molecule has 0 unspecified atom stereocenters. The molecule has 0 aliphatic carbocycles. The maximum atomic E-state index is 14.6. The van der Waals surface area contributed by atoms with Gasteiger partial charge in [-0.3, -0.25) is 9.59 Å². The van der Waals surface area contributed by atoms with E-state index in [9.17, 15) is 26.4 Å². The molecule has 6 aromatic rings. The number of nitrogens with zero attached hydrogens (tertiary/aromatic N) is 8. The maximum absolute atomic E-state index is 14.6. The van der Waals surface area contributed by atoms with Gasteiger partial charge in [-0.2, -0.15) is 8.61 Å². The minimum atomic E-state index is -4.01. The van der Waals surface area contributed by atoms with Gasteiger partial charge in [0.15, 0.2) is 0 Å². The number of hydrogen-bond acceptors (Lipinski definition) is 11. The lowest BCUT2D eigenvalue weighted by molar-refractivity contribution is 0.0723. The topological polar surface area (TPSA) is 178 Å². The number of aliphatic imine (C=N–C) groups is 2. The highest BCUT2D eigenvalue weighted by Gasteiger charge is 2.33. The summed E-state index contributed by atoms with van der Waals surface area (Å²) in [5.74, 6) is 0.428. The van der Waals surface area contributed by atoms with Crippen LogP contribution in [0.5, 0.6) is 5.75 Å². The minimum absolute atomic E-state index is 0.00437. The Balaban J connectivity index is 1.06. The number of carbonyl (C=O) groups excluding carboxylic acids is 2. The number of allylic oxidation sites excluding steroid dienone is 4. The van der Waals surface area contributed by atoms with Gasteiger partial charge in [0, 0.05) is 105 Å². The van der Waals surface area contributed by atoms with Crippen molar-refractivity contribution in [2.45, 2.75) is 75.3 Å². The van der Waals surface area contributed by atoms with Crippen molar-refractivity contribution in [2.24, 2.45) is 9.98 Å². The van der Waals surface area contributed by atoms with Crippen molar-refractivity contribution >= 4 is 65.6 Å². The average Bonchev–Trinajstić information content (AvgIpc) is 2.33. The van der Waals surface area contributed by atoms with E-state index in [0.29, 0.717) is 90.2 Å². The van der Waals surface area contributed by atoms with E-state index >= 15 is 0 Å². The molecule has 0 radical (unpaired) electrons. The molecule has 2 aromatic heterocycles. The van der Waals surface area contributed by atoms with Crippen molar-refractivity contribution in [1.82, 2.24) is 27.5 Å². The maximum Gasteiger partial charge on any atom is 0.253 e. The third-order valence-electron chi connectivity index (χ3n) is 17.8. The number of methoxy groups -OCH3 is 1. The lowest BCUT2D eigenvalue weighted by Crippen LogP contribution is -2.36. The second kappa shape index (κ2) is 24.9. The molecular weight excluding hydrogens is 1150 g/mol. The Morgan fingerprint density at radius 3 is 1.55 bits per heavy atom. The zero-order valence-corrected chi connectivity index (χ0v) is 51.6. The van der Waals surface area contributed by atoms with E-state index in [-0.39, 0.29) is 54.6 Å². The molecule has 17 nitrogen and oxygen atoms in total. The number of piperidine rings is 1. The van der Waals surface area contributed by atoms with E-state index in [0.717, 1.165) is 114 Å². The Morgan fingerprint density at radius 1 is 0.511 bits per heavy atom. The van der Waals surface area contributed by atoms with Crippen LogP contribution in [-0.2, 0) is 36.2 Å².